The average molecular weight is 459 g/mol. The van der Waals surface area contributed by atoms with Crippen molar-refractivity contribution in [1.29, 1.82) is 0 Å². The number of hydrogen-bond donors (Lipinski definition) is 0. The maximum atomic E-state index is 5.65. The molecular weight excluding hydrogens is 430 g/mol. The molecule has 1 atom stereocenters. The lowest BCUT2D eigenvalue weighted by molar-refractivity contribution is -0.712. The number of benzene rings is 3. The topological polar surface area (TPSA) is 50.0 Å². The van der Waals surface area contributed by atoms with Crippen LogP contribution >= 0.6 is 0 Å². The number of hydrogen-bond acceptors (Lipinski definition) is 5. The molecule has 0 saturated heterocycles. The molecule has 6 nitrogen and oxygen atoms in total. The van der Waals surface area contributed by atoms with Gasteiger partial charge in [0.05, 0.1) is 47.4 Å². The Kier molecular flexibility index (Phi) is 5.65. The third kappa shape index (κ3) is 3.46. The summed E-state index contributed by atoms with van der Waals surface area (Å²) in [4.78, 5) is 0. The summed E-state index contributed by atoms with van der Waals surface area (Å²) in [5.41, 5.74) is 4.72. The van der Waals surface area contributed by atoms with Gasteiger partial charge in [0, 0.05) is 17.2 Å². The lowest BCUT2D eigenvalue weighted by Crippen LogP contribution is -2.47. The van der Waals surface area contributed by atoms with E-state index in [1.807, 2.05) is 18.2 Å². The number of aromatic nitrogens is 1. The molecule has 174 valence electrons. The highest BCUT2D eigenvalue weighted by atomic mass is 16.5. The second-order valence-electron chi connectivity index (χ2n) is 8.22. The molecule has 5 rings (SSSR count). The van der Waals surface area contributed by atoms with Gasteiger partial charge in [0.2, 0.25) is 6.04 Å². The van der Waals surface area contributed by atoms with E-state index in [1.165, 1.54) is 16.8 Å². The molecule has 0 bridgehead atoms. The Morgan fingerprint density at radius 1 is 0.676 bits per heavy atom. The third-order valence-electron chi connectivity index (χ3n) is 6.60. The zero-order valence-corrected chi connectivity index (χ0v) is 20.0. The van der Waals surface area contributed by atoms with Crippen molar-refractivity contribution < 1.29 is 28.3 Å². The first-order valence-electron chi connectivity index (χ1n) is 11.1. The van der Waals surface area contributed by atoms with Crippen molar-refractivity contribution in [2.24, 2.45) is 0 Å². The van der Waals surface area contributed by atoms with Crippen molar-refractivity contribution in [3.63, 3.8) is 0 Å². The Hall–Kier alpha value is -3.93. The molecular formula is C28H28NO5+. The zero-order valence-electron chi connectivity index (χ0n) is 20.0. The summed E-state index contributed by atoms with van der Waals surface area (Å²) < 4.78 is 30.2. The molecule has 0 fully saturated rings. The Morgan fingerprint density at radius 3 is 1.94 bits per heavy atom. The number of fused-ring (bicyclic) bond motifs is 4. The van der Waals surface area contributed by atoms with Crippen molar-refractivity contribution in [3.05, 3.63) is 83.2 Å². The van der Waals surface area contributed by atoms with Gasteiger partial charge in [0.25, 0.3) is 0 Å². The van der Waals surface area contributed by atoms with E-state index in [0.717, 1.165) is 40.0 Å². The van der Waals surface area contributed by atoms with Gasteiger partial charge in [0.15, 0.2) is 34.9 Å². The summed E-state index contributed by atoms with van der Waals surface area (Å²) in [6.45, 7) is 0. The molecule has 3 aromatic carbocycles. The summed E-state index contributed by atoms with van der Waals surface area (Å²) in [7, 11) is 8.35. The van der Waals surface area contributed by atoms with E-state index in [9.17, 15) is 0 Å². The molecule has 0 radical (unpaired) electrons. The number of nitrogens with zero attached hydrogens (tertiary/aromatic N) is 1. The molecule has 0 N–H and O–H groups in total. The number of rotatable bonds is 6. The van der Waals surface area contributed by atoms with Crippen LogP contribution in [0.1, 0.15) is 28.4 Å². The normalized spacial score (nSPS) is 14.2. The highest BCUT2D eigenvalue weighted by Crippen LogP contribution is 2.41. The van der Waals surface area contributed by atoms with Crippen LogP contribution in [0.5, 0.6) is 28.7 Å². The van der Waals surface area contributed by atoms with Gasteiger partial charge in [-0.3, -0.25) is 0 Å². The van der Waals surface area contributed by atoms with E-state index in [2.05, 4.69) is 47.2 Å². The van der Waals surface area contributed by atoms with Crippen LogP contribution in [0.15, 0.2) is 60.8 Å². The summed E-state index contributed by atoms with van der Waals surface area (Å²) in [6.07, 6.45) is 2.90. The first-order valence-corrected chi connectivity index (χ1v) is 11.1. The number of ether oxygens (including phenoxy) is 5. The maximum absolute atomic E-state index is 5.65. The van der Waals surface area contributed by atoms with Gasteiger partial charge in [-0.1, -0.05) is 0 Å². The van der Waals surface area contributed by atoms with Gasteiger partial charge in [-0.2, -0.15) is 4.57 Å². The van der Waals surface area contributed by atoms with E-state index in [-0.39, 0.29) is 6.04 Å². The number of pyridine rings is 1. The Labute approximate surface area is 199 Å². The minimum atomic E-state index is -0.0399. The van der Waals surface area contributed by atoms with Crippen molar-refractivity contribution in [3.8, 4) is 28.7 Å². The summed E-state index contributed by atoms with van der Waals surface area (Å²) in [5, 5.41) is 2.22. The third-order valence-corrected chi connectivity index (χ3v) is 6.60. The molecule has 1 aliphatic heterocycles. The van der Waals surface area contributed by atoms with Crippen LogP contribution in [0.4, 0.5) is 0 Å². The van der Waals surface area contributed by atoms with Gasteiger partial charge in [0.1, 0.15) is 5.75 Å². The highest BCUT2D eigenvalue weighted by Gasteiger charge is 2.36. The predicted octanol–water partition coefficient (Wildman–Crippen LogP) is 4.71. The Balaban J connectivity index is 1.79. The summed E-state index contributed by atoms with van der Waals surface area (Å²) >= 11 is 0. The molecule has 1 aromatic heterocycles. The first-order chi connectivity index (χ1) is 16.6. The molecule has 0 amide bonds. The van der Waals surface area contributed by atoms with Crippen LogP contribution in [-0.2, 0) is 6.42 Å². The van der Waals surface area contributed by atoms with Gasteiger partial charge in [-0.05, 0) is 59.5 Å². The van der Waals surface area contributed by atoms with Gasteiger partial charge < -0.3 is 23.7 Å². The van der Waals surface area contributed by atoms with Crippen LogP contribution < -0.4 is 28.3 Å². The lowest BCUT2D eigenvalue weighted by atomic mass is 9.86. The lowest BCUT2D eigenvalue weighted by Gasteiger charge is -2.26. The molecule has 34 heavy (non-hydrogen) atoms. The smallest absolute Gasteiger partial charge is 0.209 e. The Morgan fingerprint density at radius 2 is 1.29 bits per heavy atom. The first kappa shape index (κ1) is 21.9. The minimum Gasteiger partial charge on any atom is -0.497 e. The number of methoxy groups -OCH3 is 5. The minimum absolute atomic E-state index is 0.0399. The summed E-state index contributed by atoms with van der Waals surface area (Å²) in [6, 6.07) is 18.6. The van der Waals surface area contributed by atoms with Crippen molar-refractivity contribution in [2.75, 3.05) is 35.5 Å². The Bertz CT molecular complexity index is 1360. The quantitative estimate of drug-likeness (QED) is 0.345. The van der Waals surface area contributed by atoms with Crippen LogP contribution in [-0.4, -0.2) is 35.5 Å². The molecule has 6 heteroatoms. The van der Waals surface area contributed by atoms with Gasteiger partial charge in [-0.15, -0.1) is 0 Å². The fraction of sp³-hybridized carbons (Fsp3) is 0.250. The SMILES string of the molecule is COc1ccc([C@@H]2c3cc(OC)c(OC)cc3Cc3c4cc(OC)c(OC)cc4cc[n+]32)cc1. The fourth-order valence-corrected chi connectivity index (χ4v) is 4.90. The maximum Gasteiger partial charge on any atom is 0.209 e. The fourth-order valence-electron chi connectivity index (χ4n) is 4.90. The molecule has 0 unspecified atom stereocenters. The van der Waals surface area contributed by atoms with Crippen molar-refractivity contribution in [2.45, 2.75) is 12.5 Å². The highest BCUT2D eigenvalue weighted by molar-refractivity contribution is 5.87. The van der Waals surface area contributed by atoms with Crippen molar-refractivity contribution >= 4 is 10.8 Å². The van der Waals surface area contributed by atoms with Gasteiger partial charge >= 0.3 is 0 Å². The molecule has 2 heterocycles. The standard InChI is InChI=1S/C28H28NO5/c1-30-20-8-6-17(7-9-20)28-22-16-27(34-5)25(32-3)14-19(22)12-23-21-15-26(33-4)24(31-2)13-18(21)10-11-29(23)28/h6-11,13-16,28H,12H2,1-5H3/q+1/t28-/m1/s1. The largest absolute Gasteiger partial charge is 0.497 e. The molecule has 0 saturated carbocycles. The zero-order chi connectivity index (χ0) is 23.8. The molecule has 4 aromatic rings. The van der Waals surface area contributed by atoms with E-state index in [0.29, 0.717) is 11.5 Å². The van der Waals surface area contributed by atoms with Crippen molar-refractivity contribution in [1.82, 2.24) is 0 Å². The van der Waals surface area contributed by atoms with Gasteiger partial charge in [-0.25, -0.2) is 0 Å². The van der Waals surface area contributed by atoms with E-state index >= 15 is 0 Å². The summed E-state index contributed by atoms with van der Waals surface area (Å²) in [5.74, 6) is 3.70. The molecule has 0 aliphatic carbocycles. The van der Waals surface area contributed by atoms with E-state index < -0.39 is 0 Å². The monoisotopic (exact) mass is 458 g/mol. The molecule has 0 spiro atoms. The van der Waals surface area contributed by atoms with Crippen LogP contribution in [0, 0.1) is 0 Å². The predicted molar refractivity (Wildman–Crippen MR) is 130 cm³/mol. The van der Waals surface area contributed by atoms with E-state index in [1.54, 1.807) is 35.5 Å². The average Bonchev–Trinajstić information content (AvgIpc) is 2.90. The molecule has 1 aliphatic rings. The second-order valence-corrected chi connectivity index (χ2v) is 8.22. The van der Waals surface area contributed by atoms with E-state index in [4.69, 9.17) is 23.7 Å². The van der Waals surface area contributed by atoms with Crippen LogP contribution in [0.3, 0.4) is 0 Å². The second kappa shape index (κ2) is 8.78. The van der Waals surface area contributed by atoms with Crippen LogP contribution in [0.25, 0.3) is 10.8 Å². The van der Waals surface area contributed by atoms with Crippen LogP contribution in [0.2, 0.25) is 0 Å².